The van der Waals surface area contributed by atoms with Gasteiger partial charge in [-0.05, 0) is 60.9 Å². The van der Waals surface area contributed by atoms with Crippen LogP contribution in [0.15, 0.2) is 15.9 Å². The smallest absolute Gasteiger partial charge is 0.129 e. The largest absolute Gasteiger partial charge is 0.316 e. The molecule has 84 valence electrons. The fourth-order valence-corrected chi connectivity index (χ4v) is 2.77. The minimum absolute atomic E-state index is 0.277. The minimum Gasteiger partial charge on any atom is -0.316 e. The maximum atomic E-state index is 10.7. The Morgan fingerprint density at radius 1 is 1.47 bits per heavy atom. The number of ketones is 1. The van der Waals surface area contributed by atoms with Crippen molar-refractivity contribution in [3.8, 4) is 0 Å². The Kier molecular flexibility index (Phi) is 6.13. The molecule has 1 aromatic rings. The molecule has 15 heavy (non-hydrogen) atoms. The number of halogens is 1. The third-order valence-electron chi connectivity index (χ3n) is 2.06. The van der Waals surface area contributed by atoms with E-state index < -0.39 is 0 Å². The van der Waals surface area contributed by atoms with Crippen molar-refractivity contribution in [1.82, 2.24) is 5.32 Å². The topological polar surface area (TPSA) is 29.1 Å². The molecule has 0 amide bonds. The van der Waals surface area contributed by atoms with Crippen LogP contribution in [0.25, 0.3) is 0 Å². The van der Waals surface area contributed by atoms with Crippen LogP contribution < -0.4 is 5.32 Å². The second-order valence-electron chi connectivity index (χ2n) is 3.51. The molecular weight excluding hydrogens is 274 g/mol. The zero-order valence-electron chi connectivity index (χ0n) is 8.88. The maximum Gasteiger partial charge on any atom is 0.129 e. The summed E-state index contributed by atoms with van der Waals surface area (Å²) in [7, 11) is 0. The SMILES string of the molecule is CC(=O)CCCNCCc1ccc(Br)s1. The number of rotatable bonds is 7. The number of hydrogen-bond donors (Lipinski definition) is 1. The second kappa shape index (κ2) is 7.14. The number of Topliss-reactive ketones (excluding diaryl/α,β-unsaturated/α-hetero) is 1. The molecule has 1 aromatic heterocycles. The third-order valence-corrected chi connectivity index (χ3v) is 3.74. The summed E-state index contributed by atoms with van der Waals surface area (Å²) in [6.45, 7) is 3.57. The van der Waals surface area contributed by atoms with E-state index in [4.69, 9.17) is 0 Å². The molecule has 0 saturated carbocycles. The van der Waals surface area contributed by atoms with Gasteiger partial charge in [-0.2, -0.15) is 0 Å². The van der Waals surface area contributed by atoms with E-state index in [2.05, 4.69) is 33.4 Å². The Labute approximate surface area is 103 Å². The van der Waals surface area contributed by atoms with Crippen molar-refractivity contribution in [2.75, 3.05) is 13.1 Å². The van der Waals surface area contributed by atoms with E-state index in [0.29, 0.717) is 6.42 Å². The van der Waals surface area contributed by atoms with Crippen molar-refractivity contribution < 1.29 is 4.79 Å². The minimum atomic E-state index is 0.277. The Bertz CT molecular complexity index is 311. The first-order valence-electron chi connectivity index (χ1n) is 5.13. The van der Waals surface area contributed by atoms with Crippen LogP contribution in [0.3, 0.4) is 0 Å². The lowest BCUT2D eigenvalue weighted by atomic mass is 10.2. The molecule has 0 unspecified atom stereocenters. The summed E-state index contributed by atoms with van der Waals surface area (Å²) < 4.78 is 1.19. The van der Waals surface area contributed by atoms with Crippen molar-refractivity contribution in [3.63, 3.8) is 0 Å². The van der Waals surface area contributed by atoms with Crippen LogP contribution in [-0.2, 0) is 11.2 Å². The highest BCUT2D eigenvalue weighted by molar-refractivity contribution is 9.11. The maximum absolute atomic E-state index is 10.7. The molecule has 0 atom stereocenters. The van der Waals surface area contributed by atoms with Gasteiger partial charge in [0.25, 0.3) is 0 Å². The summed E-state index contributed by atoms with van der Waals surface area (Å²) in [5.74, 6) is 0.277. The molecular formula is C11H16BrNOS. The van der Waals surface area contributed by atoms with Gasteiger partial charge in [-0.3, -0.25) is 0 Å². The van der Waals surface area contributed by atoms with E-state index in [0.717, 1.165) is 25.9 Å². The zero-order chi connectivity index (χ0) is 11.1. The van der Waals surface area contributed by atoms with Crippen LogP contribution in [0.2, 0.25) is 0 Å². The molecule has 2 nitrogen and oxygen atoms in total. The van der Waals surface area contributed by atoms with E-state index in [9.17, 15) is 4.79 Å². The number of carbonyl (C=O) groups excluding carboxylic acids is 1. The van der Waals surface area contributed by atoms with Crippen LogP contribution in [0.5, 0.6) is 0 Å². The van der Waals surface area contributed by atoms with Gasteiger partial charge in [-0.1, -0.05) is 0 Å². The fourth-order valence-electron chi connectivity index (χ4n) is 1.29. The predicted octanol–water partition coefficient (Wildman–Crippen LogP) is 3.01. The van der Waals surface area contributed by atoms with Gasteiger partial charge in [-0.25, -0.2) is 0 Å². The second-order valence-corrected chi connectivity index (χ2v) is 6.06. The Balaban J connectivity index is 2.00. The Morgan fingerprint density at radius 2 is 2.27 bits per heavy atom. The van der Waals surface area contributed by atoms with Crippen LogP contribution in [0, 0.1) is 0 Å². The third kappa shape index (κ3) is 6.07. The zero-order valence-corrected chi connectivity index (χ0v) is 11.3. The first-order valence-corrected chi connectivity index (χ1v) is 6.74. The molecule has 0 aliphatic heterocycles. The molecule has 0 aromatic carbocycles. The van der Waals surface area contributed by atoms with Crippen LogP contribution in [0.4, 0.5) is 0 Å². The lowest BCUT2D eigenvalue weighted by molar-refractivity contribution is -0.117. The first-order chi connectivity index (χ1) is 7.18. The molecule has 1 N–H and O–H groups in total. The van der Waals surface area contributed by atoms with Crippen LogP contribution in [0.1, 0.15) is 24.6 Å². The molecule has 4 heteroatoms. The van der Waals surface area contributed by atoms with Gasteiger partial charge in [0.15, 0.2) is 0 Å². The number of hydrogen-bond acceptors (Lipinski definition) is 3. The van der Waals surface area contributed by atoms with Crippen LogP contribution >= 0.6 is 27.3 Å². The molecule has 0 fully saturated rings. The predicted molar refractivity (Wildman–Crippen MR) is 68.5 cm³/mol. The van der Waals surface area contributed by atoms with Crippen molar-refractivity contribution in [1.29, 1.82) is 0 Å². The lowest BCUT2D eigenvalue weighted by Gasteiger charge is -2.01. The summed E-state index contributed by atoms with van der Waals surface area (Å²) in [6, 6.07) is 4.22. The molecule has 0 bridgehead atoms. The van der Waals surface area contributed by atoms with Crippen molar-refractivity contribution in [2.45, 2.75) is 26.2 Å². The summed E-state index contributed by atoms with van der Waals surface area (Å²) in [4.78, 5) is 12.1. The molecule has 0 aliphatic rings. The molecule has 0 saturated heterocycles. The van der Waals surface area contributed by atoms with Gasteiger partial charge in [-0.15, -0.1) is 11.3 Å². The van der Waals surface area contributed by atoms with Crippen molar-refractivity contribution in [3.05, 3.63) is 20.8 Å². The van der Waals surface area contributed by atoms with E-state index in [1.165, 1.54) is 8.66 Å². The van der Waals surface area contributed by atoms with E-state index in [1.54, 1.807) is 18.3 Å². The van der Waals surface area contributed by atoms with Crippen LogP contribution in [-0.4, -0.2) is 18.9 Å². The van der Waals surface area contributed by atoms with Gasteiger partial charge in [0, 0.05) is 11.3 Å². The van der Waals surface area contributed by atoms with Gasteiger partial charge >= 0.3 is 0 Å². The van der Waals surface area contributed by atoms with Crippen molar-refractivity contribution >= 4 is 33.0 Å². The summed E-state index contributed by atoms with van der Waals surface area (Å²) in [5.41, 5.74) is 0. The molecule has 1 heterocycles. The standard InChI is InChI=1S/C11H16BrNOS/c1-9(14)3-2-7-13-8-6-10-4-5-11(12)15-10/h4-5,13H,2-3,6-8H2,1H3. The highest BCUT2D eigenvalue weighted by Crippen LogP contribution is 2.21. The number of carbonyl (C=O) groups is 1. The normalized spacial score (nSPS) is 10.5. The summed E-state index contributed by atoms with van der Waals surface area (Å²) in [5, 5.41) is 3.34. The molecule has 0 spiro atoms. The highest BCUT2D eigenvalue weighted by atomic mass is 79.9. The summed E-state index contributed by atoms with van der Waals surface area (Å²) >= 11 is 5.22. The summed E-state index contributed by atoms with van der Waals surface area (Å²) in [6.07, 6.45) is 2.71. The number of nitrogens with one attached hydrogen (secondary N) is 1. The molecule has 0 radical (unpaired) electrons. The van der Waals surface area contributed by atoms with Gasteiger partial charge < -0.3 is 10.1 Å². The number of thiophene rings is 1. The lowest BCUT2D eigenvalue weighted by Crippen LogP contribution is -2.18. The quantitative estimate of drug-likeness (QED) is 0.782. The molecule has 0 aliphatic carbocycles. The van der Waals surface area contributed by atoms with Crippen molar-refractivity contribution in [2.24, 2.45) is 0 Å². The van der Waals surface area contributed by atoms with Gasteiger partial charge in [0.1, 0.15) is 5.78 Å². The Hall–Kier alpha value is -0.190. The van der Waals surface area contributed by atoms with E-state index in [-0.39, 0.29) is 5.78 Å². The van der Waals surface area contributed by atoms with E-state index in [1.807, 2.05) is 0 Å². The fraction of sp³-hybridized carbons (Fsp3) is 0.545. The molecule has 1 rings (SSSR count). The average Bonchev–Trinajstić information content (AvgIpc) is 2.57. The highest BCUT2D eigenvalue weighted by Gasteiger charge is 1.97. The van der Waals surface area contributed by atoms with Gasteiger partial charge in [0.2, 0.25) is 0 Å². The Morgan fingerprint density at radius 3 is 2.87 bits per heavy atom. The monoisotopic (exact) mass is 289 g/mol. The van der Waals surface area contributed by atoms with E-state index >= 15 is 0 Å². The van der Waals surface area contributed by atoms with Gasteiger partial charge in [0.05, 0.1) is 3.79 Å². The first kappa shape index (κ1) is 12.9. The average molecular weight is 290 g/mol.